The SMILES string of the molecule is COCC(CCCN)N(C)C1CCCCCC1. The second-order valence-electron chi connectivity index (χ2n) is 5.35. The summed E-state index contributed by atoms with van der Waals surface area (Å²) < 4.78 is 5.36. The van der Waals surface area contributed by atoms with Gasteiger partial charge in [-0.1, -0.05) is 25.7 Å². The molecule has 0 aromatic rings. The minimum Gasteiger partial charge on any atom is -0.383 e. The number of ether oxygens (including phenoxy) is 1. The highest BCUT2D eigenvalue weighted by molar-refractivity contribution is 4.78. The van der Waals surface area contributed by atoms with E-state index in [0.29, 0.717) is 6.04 Å². The maximum absolute atomic E-state index is 5.62. The van der Waals surface area contributed by atoms with E-state index in [1.807, 2.05) is 0 Å². The van der Waals surface area contributed by atoms with Crippen molar-refractivity contribution >= 4 is 0 Å². The number of rotatable bonds is 7. The second kappa shape index (κ2) is 8.90. The van der Waals surface area contributed by atoms with E-state index in [9.17, 15) is 0 Å². The van der Waals surface area contributed by atoms with E-state index in [1.165, 1.54) is 38.5 Å². The molecule has 0 radical (unpaired) electrons. The van der Waals surface area contributed by atoms with Crippen LogP contribution in [0.1, 0.15) is 51.4 Å². The summed E-state index contributed by atoms with van der Waals surface area (Å²) in [5.74, 6) is 0. The van der Waals surface area contributed by atoms with Gasteiger partial charge in [0, 0.05) is 19.2 Å². The smallest absolute Gasteiger partial charge is 0.0618 e. The summed E-state index contributed by atoms with van der Waals surface area (Å²) in [5, 5.41) is 0. The highest BCUT2D eigenvalue weighted by atomic mass is 16.5. The van der Waals surface area contributed by atoms with Gasteiger partial charge in [-0.3, -0.25) is 4.90 Å². The van der Waals surface area contributed by atoms with Crippen LogP contribution in [0.5, 0.6) is 0 Å². The Balaban J connectivity index is 2.45. The Hall–Kier alpha value is -0.120. The molecule has 0 spiro atoms. The van der Waals surface area contributed by atoms with Crippen molar-refractivity contribution in [1.82, 2.24) is 4.90 Å². The maximum atomic E-state index is 5.62. The number of likely N-dealkylation sites (N-methyl/N-ethyl adjacent to an activating group) is 1. The van der Waals surface area contributed by atoms with Gasteiger partial charge in [0.1, 0.15) is 0 Å². The summed E-state index contributed by atoms with van der Waals surface area (Å²) in [4.78, 5) is 2.56. The van der Waals surface area contributed by atoms with Crippen LogP contribution < -0.4 is 5.73 Å². The van der Waals surface area contributed by atoms with E-state index < -0.39 is 0 Å². The molecule has 0 amide bonds. The molecule has 0 bridgehead atoms. The van der Waals surface area contributed by atoms with Crippen LogP contribution in [0, 0.1) is 0 Å². The van der Waals surface area contributed by atoms with Gasteiger partial charge in [0.15, 0.2) is 0 Å². The first kappa shape index (κ1) is 14.9. The predicted molar refractivity (Wildman–Crippen MR) is 73.2 cm³/mol. The monoisotopic (exact) mass is 242 g/mol. The van der Waals surface area contributed by atoms with Crippen LogP contribution in [0.25, 0.3) is 0 Å². The van der Waals surface area contributed by atoms with Gasteiger partial charge in [-0.2, -0.15) is 0 Å². The van der Waals surface area contributed by atoms with Gasteiger partial charge in [0.2, 0.25) is 0 Å². The summed E-state index contributed by atoms with van der Waals surface area (Å²) in [7, 11) is 4.08. The van der Waals surface area contributed by atoms with E-state index in [0.717, 1.165) is 32.0 Å². The van der Waals surface area contributed by atoms with Crippen molar-refractivity contribution in [3.05, 3.63) is 0 Å². The van der Waals surface area contributed by atoms with E-state index in [1.54, 1.807) is 7.11 Å². The van der Waals surface area contributed by atoms with Gasteiger partial charge >= 0.3 is 0 Å². The topological polar surface area (TPSA) is 38.5 Å². The van der Waals surface area contributed by atoms with Crippen LogP contribution >= 0.6 is 0 Å². The summed E-state index contributed by atoms with van der Waals surface area (Å²) in [6.07, 6.45) is 10.6. The van der Waals surface area contributed by atoms with Gasteiger partial charge in [0.05, 0.1) is 6.61 Å². The molecule has 102 valence electrons. The highest BCUT2D eigenvalue weighted by Gasteiger charge is 2.23. The van der Waals surface area contributed by atoms with E-state index in [-0.39, 0.29) is 0 Å². The minimum absolute atomic E-state index is 0.548. The summed E-state index contributed by atoms with van der Waals surface area (Å²) >= 11 is 0. The number of hydrogen-bond acceptors (Lipinski definition) is 3. The molecule has 1 atom stereocenters. The van der Waals surface area contributed by atoms with Gasteiger partial charge in [-0.05, 0) is 39.3 Å². The van der Waals surface area contributed by atoms with Gasteiger partial charge < -0.3 is 10.5 Å². The first-order valence-corrected chi connectivity index (χ1v) is 7.20. The summed E-state index contributed by atoms with van der Waals surface area (Å²) in [5.41, 5.74) is 5.62. The molecule has 0 heterocycles. The Morgan fingerprint density at radius 1 is 1.24 bits per heavy atom. The third-order valence-electron chi connectivity index (χ3n) is 4.08. The fraction of sp³-hybridized carbons (Fsp3) is 1.00. The molecular weight excluding hydrogens is 212 g/mol. The van der Waals surface area contributed by atoms with Gasteiger partial charge in [0.25, 0.3) is 0 Å². The number of nitrogens with zero attached hydrogens (tertiary/aromatic N) is 1. The van der Waals surface area contributed by atoms with Crippen LogP contribution in [-0.4, -0.2) is 44.3 Å². The normalized spacial score (nSPS) is 20.5. The highest BCUT2D eigenvalue weighted by Crippen LogP contribution is 2.23. The summed E-state index contributed by atoms with van der Waals surface area (Å²) in [6.45, 7) is 1.63. The molecule has 0 aromatic heterocycles. The predicted octanol–water partition coefficient (Wildman–Crippen LogP) is 2.39. The lowest BCUT2D eigenvalue weighted by Gasteiger charge is -2.34. The van der Waals surface area contributed by atoms with E-state index in [4.69, 9.17) is 10.5 Å². The molecule has 17 heavy (non-hydrogen) atoms. The molecule has 1 aliphatic carbocycles. The molecule has 1 rings (SSSR count). The zero-order chi connectivity index (χ0) is 12.5. The van der Waals surface area contributed by atoms with Crippen molar-refractivity contribution in [3.63, 3.8) is 0 Å². The Morgan fingerprint density at radius 2 is 1.88 bits per heavy atom. The molecule has 1 fully saturated rings. The quantitative estimate of drug-likeness (QED) is 0.697. The Morgan fingerprint density at radius 3 is 2.41 bits per heavy atom. The van der Waals surface area contributed by atoms with Crippen molar-refractivity contribution in [2.75, 3.05) is 27.3 Å². The lowest BCUT2D eigenvalue weighted by molar-refractivity contribution is 0.0689. The van der Waals surface area contributed by atoms with Crippen LogP contribution in [-0.2, 0) is 4.74 Å². The third-order valence-corrected chi connectivity index (χ3v) is 4.08. The van der Waals surface area contributed by atoms with Gasteiger partial charge in [-0.15, -0.1) is 0 Å². The van der Waals surface area contributed by atoms with Crippen molar-refractivity contribution in [3.8, 4) is 0 Å². The Kier molecular flexibility index (Phi) is 7.82. The average Bonchev–Trinajstić information content (AvgIpc) is 2.62. The number of nitrogens with two attached hydrogens (primary N) is 1. The fourth-order valence-corrected chi connectivity index (χ4v) is 2.91. The zero-order valence-corrected chi connectivity index (χ0v) is 11.7. The lowest BCUT2D eigenvalue weighted by atomic mass is 10.0. The first-order chi connectivity index (χ1) is 8.29. The van der Waals surface area contributed by atoms with E-state index in [2.05, 4.69) is 11.9 Å². The molecule has 3 nitrogen and oxygen atoms in total. The van der Waals surface area contributed by atoms with E-state index >= 15 is 0 Å². The number of methoxy groups -OCH3 is 1. The average molecular weight is 242 g/mol. The largest absolute Gasteiger partial charge is 0.383 e. The molecule has 1 unspecified atom stereocenters. The van der Waals surface area contributed by atoms with Crippen molar-refractivity contribution in [1.29, 1.82) is 0 Å². The van der Waals surface area contributed by atoms with Gasteiger partial charge in [-0.25, -0.2) is 0 Å². The van der Waals surface area contributed by atoms with Crippen LogP contribution in [0.3, 0.4) is 0 Å². The molecule has 1 aliphatic rings. The molecule has 2 N–H and O–H groups in total. The lowest BCUT2D eigenvalue weighted by Crippen LogP contribution is -2.42. The zero-order valence-electron chi connectivity index (χ0n) is 11.7. The van der Waals surface area contributed by atoms with Crippen LogP contribution in [0.4, 0.5) is 0 Å². The minimum atomic E-state index is 0.548. The molecule has 3 heteroatoms. The first-order valence-electron chi connectivity index (χ1n) is 7.20. The van der Waals surface area contributed by atoms with Crippen LogP contribution in [0.15, 0.2) is 0 Å². The standard InChI is InChI=1S/C14H30N2O/c1-16(13-8-5-3-4-6-9-13)14(12-17-2)10-7-11-15/h13-14H,3-12,15H2,1-2H3. The summed E-state index contributed by atoms with van der Waals surface area (Å²) in [6, 6.07) is 1.31. The third kappa shape index (κ3) is 5.36. The second-order valence-corrected chi connectivity index (χ2v) is 5.35. The molecule has 0 aliphatic heterocycles. The molecule has 0 aromatic carbocycles. The van der Waals surface area contributed by atoms with Crippen LogP contribution in [0.2, 0.25) is 0 Å². The molecular formula is C14H30N2O. The van der Waals surface area contributed by atoms with Crippen molar-refractivity contribution in [2.45, 2.75) is 63.5 Å². The maximum Gasteiger partial charge on any atom is 0.0618 e. The molecule has 0 saturated heterocycles. The van der Waals surface area contributed by atoms with Crippen molar-refractivity contribution < 1.29 is 4.74 Å². The Bertz CT molecular complexity index is 179. The fourth-order valence-electron chi connectivity index (χ4n) is 2.91. The molecule has 1 saturated carbocycles. The van der Waals surface area contributed by atoms with Crippen molar-refractivity contribution in [2.24, 2.45) is 5.73 Å². The Labute approximate surface area is 107 Å². The number of hydrogen-bond donors (Lipinski definition) is 1.